The molecule has 0 radical (unpaired) electrons. The van der Waals surface area contributed by atoms with Crippen LogP contribution < -0.4 is 4.90 Å². The molecule has 0 atom stereocenters. The van der Waals surface area contributed by atoms with Crippen LogP contribution in [0.5, 0.6) is 0 Å². The van der Waals surface area contributed by atoms with Crippen LogP contribution in [0, 0.1) is 0 Å². The van der Waals surface area contributed by atoms with Gasteiger partial charge >= 0.3 is 0 Å². The van der Waals surface area contributed by atoms with Gasteiger partial charge in [-0.1, -0.05) is 205 Å². The van der Waals surface area contributed by atoms with Crippen LogP contribution in [0.25, 0.3) is 10.8 Å². The van der Waals surface area contributed by atoms with E-state index in [0.717, 1.165) is 42.1 Å². The van der Waals surface area contributed by atoms with Crippen LogP contribution in [-0.2, 0) is 10.0 Å². The lowest BCUT2D eigenvalue weighted by molar-refractivity contribution is 0.383. The highest BCUT2D eigenvalue weighted by atomic mass is 32.2. The maximum absolute atomic E-state index is 14.3. The van der Waals surface area contributed by atoms with E-state index in [2.05, 4.69) is 30.9 Å². The third kappa shape index (κ3) is 18.5. The first kappa shape index (κ1) is 43.6. The second-order valence-electron chi connectivity index (χ2n) is 15.1. The van der Waals surface area contributed by atoms with Crippen molar-refractivity contribution < 1.29 is 8.42 Å². The zero-order valence-electron chi connectivity index (χ0n) is 32.8. The lowest BCUT2D eigenvalue weighted by Gasteiger charge is -2.24. The molecule has 282 valence electrons. The Morgan fingerprint density at radius 2 is 0.755 bits per heavy atom. The predicted octanol–water partition coefficient (Wildman–Crippen LogP) is 13.9. The molecular formula is C44H78N2O2S. The van der Waals surface area contributed by atoms with Gasteiger partial charge in [0.05, 0.1) is 4.90 Å². The average molecular weight is 699 g/mol. The molecular weight excluding hydrogens is 621 g/mol. The van der Waals surface area contributed by atoms with E-state index in [9.17, 15) is 8.42 Å². The van der Waals surface area contributed by atoms with Gasteiger partial charge in [0.1, 0.15) is 0 Å². The molecule has 0 amide bonds. The fourth-order valence-electron chi connectivity index (χ4n) is 7.34. The number of fused-ring (bicyclic) bond motifs is 1. The standard InChI is InChI=1S/C44H78N2O2S/c1-5-7-9-11-13-15-17-19-21-23-25-27-29-31-39-46(40-32-30-28-26-24-22-20-18-16-14-12-10-8-6-2)49(47,48)44-38-34-35-41-42(44)36-33-37-43(41)45(3)4/h33-38H,5-32,39-40H2,1-4H3. The highest BCUT2D eigenvalue weighted by molar-refractivity contribution is 7.89. The molecule has 2 aromatic rings. The van der Waals surface area contributed by atoms with Gasteiger partial charge in [0.15, 0.2) is 0 Å². The van der Waals surface area contributed by atoms with Crippen molar-refractivity contribution in [1.82, 2.24) is 4.31 Å². The van der Waals surface area contributed by atoms with Crippen LogP contribution >= 0.6 is 0 Å². The van der Waals surface area contributed by atoms with Gasteiger partial charge in [0, 0.05) is 43.6 Å². The van der Waals surface area contributed by atoms with E-state index in [-0.39, 0.29) is 0 Å². The molecule has 49 heavy (non-hydrogen) atoms. The molecule has 0 bridgehead atoms. The Labute approximate surface area is 305 Å². The normalized spacial score (nSPS) is 12.0. The van der Waals surface area contributed by atoms with Crippen LogP contribution in [-0.4, -0.2) is 39.9 Å². The summed E-state index contributed by atoms with van der Waals surface area (Å²) >= 11 is 0. The van der Waals surface area contributed by atoms with Gasteiger partial charge in [-0.25, -0.2) is 8.42 Å². The van der Waals surface area contributed by atoms with Crippen molar-refractivity contribution in [3.8, 4) is 0 Å². The van der Waals surface area contributed by atoms with Crippen molar-refractivity contribution in [3.05, 3.63) is 36.4 Å². The Morgan fingerprint density at radius 3 is 1.12 bits per heavy atom. The molecule has 4 nitrogen and oxygen atoms in total. The number of rotatable bonds is 33. The van der Waals surface area contributed by atoms with Gasteiger partial charge in [0.25, 0.3) is 0 Å². The van der Waals surface area contributed by atoms with Crippen molar-refractivity contribution in [2.75, 3.05) is 32.1 Å². The van der Waals surface area contributed by atoms with Gasteiger partial charge in [-0.15, -0.1) is 0 Å². The first-order chi connectivity index (χ1) is 23.9. The van der Waals surface area contributed by atoms with E-state index in [0.29, 0.717) is 18.0 Å². The second-order valence-corrected chi connectivity index (χ2v) is 17.0. The third-order valence-electron chi connectivity index (χ3n) is 10.5. The Kier molecular flexibility index (Phi) is 24.9. The zero-order chi connectivity index (χ0) is 35.4. The lowest BCUT2D eigenvalue weighted by atomic mass is 10.0. The predicted molar refractivity (Wildman–Crippen MR) is 218 cm³/mol. The number of hydrogen-bond acceptors (Lipinski definition) is 3. The van der Waals surface area contributed by atoms with E-state index >= 15 is 0 Å². The van der Waals surface area contributed by atoms with Crippen LogP contribution in [0.4, 0.5) is 5.69 Å². The molecule has 0 N–H and O–H groups in total. The summed E-state index contributed by atoms with van der Waals surface area (Å²) < 4.78 is 30.4. The first-order valence-electron chi connectivity index (χ1n) is 21.1. The summed E-state index contributed by atoms with van der Waals surface area (Å²) in [7, 11) is 0.451. The fraction of sp³-hybridized carbons (Fsp3) is 0.773. The molecule has 0 aliphatic rings. The maximum atomic E-state index is 14.3. The monoisotopic (exact) mass is 699 g/mol. The third-order valence-corrected chi connectivity index (χ3v) is 12.4. The quantitative estimate of drug-likeness (QED) is 0.0697. The van der Waals surface area contributed by atoms with Crippen LogP contribution in [0.2, 0.25) is 0 Å². The van der Waals surface area contributed by atoms with Crippen molar-refractivity contribution >= 4 is 26.5 Å². The molecule has 5 heteroatoms. The van der Waals surface area contributed by atoms with Gasteiger partial charge < -0.3 is 4.90 Å². The molecule has 0 aliphatic heterocycles. The zero-order valence-corrected chi connectivity index (χ0v) is 33.6. The Morgan fingerprint density at radius 1 is 0.429 bits per heavy atom. The average Bonchev–Trinajstić information content (AvgIpc) is 3.10. The summed E-state index contributed by atoms with van der Waals surface area (Å²) in [4.78, 5) is 2.53. The minimum Gasteiger partial charge on any atom is -0.377 e. The second kappa shape index (κ2) is 28.1. The smallest absolute Gasteiger partial charge is 0.243 e. The van der Waals surface area contributed by atoms with Gasteiger partial charge in [0.2, 0.25) is 10.0 Å². The van der Waals surface area contributed by atoms with Crippen molar-refractivity contribution in [3.63, 3.8) is 0 Å². The van der Waals surface area contributed by atoms with E-state index < -0.39 is 10.0 Å². The molecule has 2 rings (SSSR count). The molecule has 0 fully saturated rings. The summed E-state index contributed by atoms with van der Waals surface area (Å²) in [5.74, 6) is 0. The molecule has 0 aromatic heterocycles. The van der Waals surface area contributed by atoms with Gasteiger partial charge in [-0.05, 0) is 25.0 Å². The number of nitrogens with zero attached hydrogens (tertiary/aromatic N) is 2. The first-order valence-corrected chi connectivity index (χ1v) is 22.6. The lowest BCUT2D eigenvalue weighted by Crippen LogP contribution is -2.33. The maximum Gasteiger partial charge on any atom is 0.243 e. The summed E-state index contributed by atoms with van der Waals surface area (Å²) in [6, 6.07) is 11.8. The number of sulfonamides is 1. The summed E-state index contributed by atoms with van der Waals surface area (Å²) in [5.41, 5.74) is 1.06. The minimum atomic E-state index is -3.59. The van der Waals surface area contributed by atoms with Crippen LogP contribution in [0.1, 0.15) is 194 Å². The highest BCUT2D eigenvalue weighted by Crippen LogP contribution is 2.32. The molecule has 0 saturated heterocycles. The number of anilines is 1. The summed E-state index contributed by atoms with van der Waals surface area (Å²) in [5, 5.41) is 1.84. The Balaban J connectivity index is 1.80. The molecule has 0 aliphatic carbocycles. The minimum absolute atomic E-state index is 0.462. The van der Waals surface area contributed by atoms with E-state index in [1.54, 1.807) is 0 Å². The Hall–Kier alpha value is -1.59. The highest BCUT2D eigenvalue weighted by Gasteiger charge is 2.26. The molecule has 2 aromatic carbocycles. The molecule has 0 spiro atoms. The SMILES string of the molecule is CCCCCCCCCCCCCCCCN(CCCCCCCCCCCCCCCC)S(=O)(=O)c1cccc2c(N(C)C)cccc12. The van der Waals surface area contributed by atoms with E-state index in [4.69, 9.17) is 0 Å². The summed E-state index contributed by atoms with van der Waals surface area (Å²) in [6.45, 7) is 5.82. The van der Waals surface area contributed by atoms with Gasteiger partial charge in [-0.2, -0.15) is 4.31 Å². The number of benzene rings is 2. The molecule has 0 saturated carbocycles. The van der Waals surface area contributed by atoms with E-state index in [1.165, 1.54) is 154 Å². The molecule has 0 heterocycles. The fourth-order valence-corrected chi connectivity index (χ4v) is 9.06. The number of hydrogen-bond donors (Lipinski definition) is 0. The summed E-state index contributed by atoms with van der Waals surface area (Å²) in [6.07, 6.45) is 36.7. The number of unbranched alkanes of at least 4 members (excludes halogenated alkanes) is 26. The topological polar surface area (TPSA) is 40.6 Å². The Bertz CT molecular complexity index is 1150. The molecule has 0 unspecified atom stereocenters. The van der Waals surface area contributed by atoms with Crippen LogP contribution in [0.3, 0.4) is 0 Å². The van der Waals surface area contributed by atoms with E-state index in [1.807, 2.05) is 42.7 Å². The van der Waals surface area contributed by atoms with Gasteiger partial charge in [-0.3, -0.25) is 0 Å². The van der Waals surface area contributed by atoms with Crippen molar-refractivity contribution in [2.24, 2.45) is 0 Å². The van der Waals surface area contributed by atoms with Crippen molar-refractivity contribution in [2.45, 2.75) is 199 Å². The van der Waals surface area contributed by atoms with Crippen molar-refractivity contribution in [1.29, 1.82) is 0 Å². The largest absolute Gasteiger partial charge is 0.377 e. The van der Waals surface area contributed by atoms with Crippen LogP contribution in [0.15, 0.2) is 41.3 Å².